The van der Waals surface area contributed by atoms with Gasteiger partial charge in [-0.2, -0.15) is 0 Å². The van der Waals surface area contributed by atoms with Crippen molar-refractivity contribution in [3.63, 3.8) is 0 Å². The van der Waals surface area contributed by atoms with E-state index in [-0.39, 0.29) is 5.04 Å². The number of aliphatic carboxylic acids is 1. The van der Waals surface area contributed by atoms with Gasteiger partial charge in [-0.1, -0.05) is 45.1 Å². The average Bonchev–Trinajstić information content (AvgIpc) is 2.14. The topological polar surface area (TPSA) is 46.5 Å². The van der Waals surface area contributed by atoms with Crippen molar-refractivity contribution in [3.8, 4) is 0 Å². The molecule has 0 aromatic rings. The lowest BCUT2D eigenvalue weighted by molar-refractivity contribution is -0.145. The Hall–Kier alpha value is -0.873. The van der Waals surface area contributed by atoms with Crippen molar-refractivity contribution in [1.82, 2.24) is 0 Å². The monoisotopic (exact) mass is 268 g/mol. The van der Waals surface area contributed by atoms with Crippen molar-refractivity contribution in [2.45, 2.75) is 51.4 Å². The van der Waals surface area contributed by atoms with Gasteiger partial charge < -0.3 is 9.53 Å². The summed E-state index contributed by atoms with van der Waals surface area (Å²) in [4.78, 5) is 11.4. The smallest absolute Gasteiger partial charge is 0.313 e. The fraction of sp³-hybridized carbons (Fsp3) is 0.643. The molecule has 2 unspecified atom stereocenters. The molecule has 1 N–H and O–H groups in total. The van der Waals surface area contributed by atoms with Crippen LogP contribution in [0, 0.1) is 5.92 Å². The maximum atomic E-state index is 11.4. The molecule has 0 aromatic heterocycles. The minimum absolute atomic E-state index is 0.0636. The lowest BCUT2D eigenvalue weighted by Crippen LogP contribution is -2.52. The zero-order valence-corrected chi connectivity index (χ0v) is 13.2. The van der Waals surface area contributed by atoms with Crippen LogP contribution in [0.3, 0.4) is 0 Å². The molecule has 1 aliphatic carbocycles. The van der Waals surface area contributed by atoms with Gasteiger partial charge in [-0.3, -0.25) is 4.79 Å². The molecule has 2 atom stereocenters. The molecule has 18 heavy (non-hydrogen) atoms. The first-order valence-electron chi connectivity index (χ1n) is 6.29. The van der Waals surface area contributed by atoms with Crippen molar-refractivity contribution in [2.24, 2.45) is 5.92 Å². The van der Waals surface area contributed by atoms with Crippen LogP contribution in [0.2, 0.25) is 18.1 Å². The lowest BCUT2D eigenvalue weighted by atomic mass is 9.86. The van der Waals surface area contributed by atoms with E-state index in [1.807, 2.05) is 19.1 Å². The van der Waals surface area contributed by atoms with E-state index in [4.69, 9.17) is 4.43 Å². The molecular weight excluding hydrogens is 244 g/mol. The standard InChI is InChI=1S/C14H24O3Si/c1-13(2,3)18(5,6)17-14(4)10-8-7-9-11(14)12(15)16/h7-11H,1-6H3,(H,15,16). The van der Waals surface area contributed by atoms with Gasteiger partial charge >= 0.3 is 5.97 Å². The van der Waals surface area contributed by atoms with E-state index in [0.29, 0.717) is 0 Å². The van der Waals surface area contributed by atoms with Gasteiger partial charge in [-0.05, 0) is 25.1 Å². The number of carbonyl (C=O) groups is 1. The van der Waals surface area contributed by atoms with E-state index < -0.39 is 25.8 Å². The molecule has 0 radical (unpaired) electrons. The van der Waals surface area contributed by atoms with Gasteiger partial charge in [-0.25, -0.2) is 0 Å². The summed E-state index contributed by atoms with van der Waals surface area (Å²) in [6.45, 7) is 12.6. The third-order valence-corrected chi connectivity index (χ3v) is 8.57. The number of hydrogen-bond acceptors (Lipinski definition) is 2. The van der Waals surface area contributed by atoms with Crippen molar-refractivity contribution in [2.75, 3.05) is 0 Å². The number of hydrogen-bond donors (Lipinski definition) is 1. The van der Waals surface area contributed by atoms with Crippen LogP contribution in [0.1, 0.15) is 27.7 Å². The van der Waals surface area contributed by atoms with Crippen LogP contribution >= 0.6 is 0 Å². The molecule has 0 heterocycles. The van der Waals surface area contributed by atoms with Gasteiger partial charge in [-0.15, -0.1) is 0 Å². The predicted molar refractivity (Wildman–Crippen MR) is 76.1 cm³/mol. The summed E-state index contributed by atoms with van der Waals surface area (Å²) in [5.74, 6) is -1.45. The minimum atomic E-state index is -2.00. The van der Waals surface area contributed by atoms with Gasteiger partial charge in [0.1, 0.15) is 5.92 Å². The highest BCUT2D eigenvalue weighted by atomic mass is 28.4. The molecule has 1 rings (SSSR count). The lowest BCUT2D eigenvalue weighted by Gasteiger charge is -2.45. The summed E-state index contributed by atoms with van der Waals surface area (Å²) in [6.07, 6.45) is 7.21. The second kappa shape index (κ2) is 4.66. The molecule has 102 valence electrons. The fourth-order valence-electron chi connectivity index (χ4n) is 1.84. The molecule has 0 saturated heterocycles. The highest BCUT2D eigenvalue weighted by Crippen LogP contribution is 2.42. The second-order valence-corrected chi connectivity index (χ2v) is 11.3. The van der Waals surface area contributed by atoms with Crippen molar-refractivity contribution in [3.05, 3.63) is 24.3 Å². The molecule has 0 saturated carbocycles. The normalized spacial score (nSPS) is 28.4. The third kappa shape index (κ3) is 2.92. The highest BCUT2D eigenvalue weighted by Gasteiger charge is 2.46. The van der Waals surface area contributed by atoms with E-state index in [1.165, 1.54) is 0 Å². The Balaban J connectivity index is 3.03. The predicted octanol–water partition coefficient (Wildman–Crippen LogP) is 3.59. The summed E-state index contributed by atoms with van der Waals surface area (Å²) in [5.41, 5.74) is -0.746. The van der Waals surface area contributed by atoms with Crippen molar-refractivity contribution >= 4 is 14.3 Å². The van der Waals surface area contributed by atoms with E-state index in [1.54, 1.807) is 12.2 Å². The first-order valence-corrected chi connectivity index (χ1v) is 9.19. The van der Waals surface area contributed by atoms with E-state index >= 15 is 0 Å². The first kappa shape index (κ1) is 15.2. The molecule has 3 nitrogen and oxygen atoms in total. The largest absolute Gasteiger partial charge is 0.481 e. The quantitative estimate of drug-likeness (QED) is 0.796. The van der Waals surface area contributed by atoms with Gasteiger partial charge in [0.05, 0.1) is 5.60 Å². The first-order chi connectivity index (χ1) is 8.00. The summed E-state index contributed by atoms with van der Waals surface area (Å²) in [7, 11) is -2.00. The fourth-order valence-corrected chi connectivity index (χ4v) is 3.45. The molecule has 0 aliphatic heterocycles. The Morgan fingerprint density at radius 3 is 2.33 bits per heavy atom. The molecular formula is C14H24O3Si. The van der Waals surface area contributed by atoms with Crippen LogP contribution in [-0.4, -0.2) is 25.0 Å². The molecule has 0 amide bonds. The molecule has 1 aliphatic rings. The Morgan fingerprint density at radius 1 is 1.33 bits per heavy atom. The SMILES string of the molecule is CC1(O[Si](C)(C)C(C)(C)C)C=CC=CC1C(=O)O. The zero-order chi connectivity index (χ0) is 14.2. The van der Waals surface area contributed by atoms with Crippen LogP contribution in [0.25, 0.3) is 0 Å². The molecule has 0 fully saturated rings. The number of carboxylic acids is 1. The molecule has 0 aromatic carbocycles. The Morgan fingerprint density at radius 2 is 1.89 bits per heavy atom. The number of carboxylic acid groups (broad SMARTS) is 1. The second-order valence-electron chi connectivity index (χ2n) is 6.61. The van der Waals surface area contributed by atoms with Crippen LogP contribution < -0.4 is 0 Å². The van der Waals surface area contributed by atoms with Crippen LogP contribution in [0.5, 0.6) is 0 Å². The number of rotatable bonds is 3. The number of allylic oxidation sites excluding steroid dienone is 2. The average molecular weight is 268 g/mol. The Kier molecular flexibility index (Phi) is 3.94. The van der Waals surface area contributed by atoms with Crippen molar-refractivity contribution in [1.29, 1.82) is 0 Å². The Labute approximate surface area is 111 Å². The van der Waals surface area contributed by atoms with Gasteiger partial charge in [0, 0.05) is 0 Å². The summed E-state index contributed by atoms with van der Waals surface area (Å²) in [5, 5.41) is 9.39. The molecule has 4 heteroatoms. The molecule has 0 bridgehead atoms. The third-order valence-electron chi connectivity index (χ3n) is 4.01. The zero-order valence-electron chi connectivity index (χ0n) is 12.2. The maximum absolute atomic E-state index is 11.4. The van der Waals surface area contributed by atoms with Gasteiger partial charge in [0.15, 0.2) is 8.32 Å². The highest BCUT2D eigenvalue weighted by molar-refractivity contribution is 6.74. The Bertz CT molecular complexity index is 390. The van der Waals surface area contributed by atoms with Crippen LogP contribution in [0.15, 0.2) is 24.3 Å². The molecule has 0 spiro atoms. The summed E-state index contributed by atoms with van der Waals surface area (Å²) >= 11 is 0. The van der Waals surface area contributed by atoms with Crippen LogP contribution in [-0.2, 0) is 9.22 Å². The van der Waals surface area contributed by atoms with Gasteiger partial charge in [0.25, 0.3) is 0 Å². The summed E-state index contributed by atoms with van der Waals surface area (Å²) < 4.78 is 6.32. The van der Waals surface area contributed by atoms with Crippen LogP contribution in [0.4, 0.5) is 0 Å². The minimum Gasteiger partial charge on any atom is -0.481 e. The maximum Gasteiger partial charge on any atom is 0.313 e. The van der Waals surface area contributed by atoms with E-state index in [9.17, 15) is 9.90 Å². The van der Waals surface area contributed by atoms with Gasteiger partial charge in [0.2, 0.25) is 0 Å². The van der Waals surface area contributed by atoms with Crippen molar-refractivity contribution < 1.29 is 14.3 Å². The summed E-state index contributed by atoms with van der Waals surface area (Å²) in [6, 6.07) is 0. The van der Waals surface area contributed by atoms with E-state index in [0.717, 1.165) is 0 Å². The van der Waals surface area contributed by atoms with E-state index in [2.05, 4.69) is 33.9 Å².